The van der Waals surface area contributed by atoms with Crippen molar-refractivity contribution in [2.75, 3.05) is 14.1 Å². The molecule has 1 amide bonds. The molecule has 0 atom stereocenters. The molecule has 0 radical (unpaired) electrons. The third-order valence-corrected chi connectivity index (χ3v) is 3.92. The van der Waals surface area contributed by atoms with Crippen LogP contribution in [0.3, 0.4) is 0 Å². The van der Waals surface area contributed by atoms with Gasteiger partial charge in [-0.05, 0) is 24.5 Å². The van der Waals surface area contributed by atoms with Crippen molar-refractivity contribution in [2.45, 2.75) is 18.3 Å². The second kappa shape index (κ2) is 4.10. The maximum absolute atomic E-state index is 12.4. The molecule has 1 heterocycles. The van der Waals surface area contributed by atoms with Gasteiger partial charge in [0.25, 0.3) is 0 Å². The van der Waals surface area contributed by atoms with Crippen LogP contribution in [0.1, 0.15) is 18.4 Å². The summed E-state index contributed by atoms with van der Waals surface area (Å²) in [6.45, 7) is 0. The first kappa shape index (κ1) is 12.2. The number of nitrogens with one attached hydrogen (secondary N) is 1. The van der Waals surface area contributed by atoms with Gasteiger partial charge in [0.05, 0.1) is 5.41 Å². The van der Waals surface area contributed by atoms with Gasteiger partial charge in [0.15, 0.2) is 0 Å². The third kappa shape index (κ3) is 1.83. The van der Waals surface area contributed by atoms with E-state index in [9.17, 15) is 4.79 Å². The molecule has 4 heteroatoms. The van der Waals surface area contributed by atoms with Crippen molar-refractivity contribution in [3.8, 4) is 0 Å². The quantitative estimate of drug-likeness (QED) is 0.851. The van der Waals surface area contributed by atoms with E-state index in [0.717, 1.165) is 18.4 Å². The molecule has 2 aromatic rings. The summed E-state index contributed by atoms with van der Waals surface area (Å²) in [5.41, 5.74) is 4.91. The number of hydrazine groups is 1. The van der Waals surface area contributed by atoms with Gasteiger partial charge in [-0.2, -0.15) is 0 Å². The summed E-state index contributed by atoms with van der Waals surface area (Å²) in [4.78, 5) is 12.4. The summed E-state index contributed by atoms with van der Waals surface area (Å²) < 4.78 is 2.10. The van der Waals surface area contributed by atoms with E-state index in [2.05, 4.69) is 28.3 Å². The molecule has 0 bridgehead atoms. The largest absolute Gasteiger partial charge is 0.350 e. The summed E-state index contributed by atoms with van der Waals surface area (Å²) in [6.07, 6.45) is 3.97. The van der Waals surface area contributed by atoms with Crippen molar-refractivity contribution in [1.82, 2.24) is 15.0 Å². The number of benzene rings is 1. The van der Waals surface area contributed by atoms with E-state index in [1.54, 1.807) is 5.01 Å². The van der Waals surface area contributed by atoms with Crippen molar-refractivity contribution in [2.24, 2.45) is 7.05 Å². The fourth-order valence-corrected chi connectivity index (χ4v) is 2.78. The van der Waals surface area contributed by atoms with Crippen molar-refractivity contribution in [3.63, 3.8) is 0 Å². The van der Waals surface area contributed by atoms with E-state index in [-0.39, 0.29) is 11.3 Å². The Balaban J connectivity index is 2.07. The SMILES string of the molecule is CN(C)NC(=O)C1(c2cn(C)c3ccccc23)CC1. The topological polar surface area (TPSA) is 37.3 Å². The maximum Gasteiger partial charge on any atom is 0.244 e. The number of amides is 1. The van der Waals surface area contributed by atoms with E-state index in [0.29, 0.717) is 0 Å². The first-order chi connectivity index (χ1) is 9.04. The average Bonchev–Trinajstić information content (AvgIpc) is 3.10. The molecular formula is C15H19N3O. The predicted molar refractivity (Wildman–Crippen MR) is 75.7 cm³/mol. The molecule has 1 fully saturated rings. The highest BCUT2D eigenvalue weighted by Gasteiger charge is 2.52. The Bertz CT molecular complexity index is 638. The van der Waals surface area contributed by atoms with Gasteiger partial charge in [0.2, 0.25) is 5.91 Å². The summed E-state index contributed by atoms with van der Waals surface area (Å²) in [7, 11) is 5.72. The molecule has 0 aliphatic heterocycles. The van der Waals surface area contributed by atoms with Gasteiger partial charge in [0, 0.05) is 38.2 Å². The normalized spacial score (nSPS) is 16.8. The second-order valence-corrected chi connectivity index (χ2v) is 5.59. The highest BCUT2D eigenvalue weighted by atomic mass is 16.2. The van der Waals surface area contributed by atoms with Crippen LogP contribution in [0.5, 0.6) is 0 Å². The Morgan fingerprint density at radius 2 is 2.00 bits per heavy atom. The fourth-order valence-electron chi connectivity index (χ4n) is 2.78. The molecule has 4 nitrogen and oxygen atoms in total. The molecule has 100 valence electrons. The van der Waals surface area contributed by atoms with Crippen molar-refractivity contribution in [3.05, 3.63) is 36.0 Å². The number of aromatic nitrogens is 1. The number of carbonyl (C=O) groups is 1. The zero-order valence-electron chi connectivity index (χ0n) is 11.6. The molecule has 1 saturated carbocycles. The van der Waals surface area contributed by atoms with Crippen molar-refractivity contribution in [1.29, 1.82) is 0 Å². The highest BCUT2D eigenvalue weighted by Crippen LogP contribution is 2.51. The molecule has 1 aromatic heterocycles. The number of aryl methyl sites for hydroxylation is 1. The van der Waals surface area contributed by atoms with Gasteiger partial charge in [0.1, 0.15) is 0 Å². The van der Waals surface area contributed by atoms with Crippen LogP contribution in [0, 0.1) is 0 Å². The predicted octanol–water partition coefficient (Wildman–Crippen LogP) is 1.80. The number of carbonyl (C=O) groups excluding carboxylic acids is 1. The number of rotatable bonds is 3. The van der Waals surface area contributed by atoms with E-state index in [1.807, 2.05) is 33.3 Å². The standard InChI is InChI=1S/C15H19N3O/c1-17(2)16-14(19)15(8-9-15)12-10-18(3)13-7-5-4-6-11(12)13/h4-7,10H,8-9H2,1-3H3,(H,16,19). The Labute approximate surface area is 113 Å². The van der Waals surface area contributed by atoms with Crippen LogP contribution in [0.15, 0.2) is 30.5 Å². The first-order valence-electron chi connectivity index (χ1n) is 6.57. The van der Waals surface area contributed by atoms with Crippen molar-refractivity contribution < 1.29 is 4.79 Å². The van der Waals surface area contributed by atoms with Crippen LogP contribution < -0.4 is 5.43 Å². The van der Waals surface area contributed by atoms with E-state index in [4.69, 9.17) is 0 Å². The highest BCUT2D eigenvalue weighted by molar-refractivity contribution is 5.97. The summed E-state index contributed by atoms with van der Waals surface area (Å²) in [6, 6.07) is 8.27. The van der Waals surface area contributed by atoms with Crippen LogP contribution in [-0.4, -0.2) is 29.6 Å². The lowest BCUT2D eigenvalue weighted by molar-refractivity contribution is -0.127. The first-order valence-corrected chi connectivity index (χ1v) is 6.57. The fraction of sp³-hybridized carbons (Fsp3) is 0.400. The van der Waals surface area contributed by atoms with Crippen LogP contribution in [-0.2, 0) is 17.3 Å². The molecule has 1 aliphatic rings. The van der Waals surface area contributed by atoms with Gasteiger partial charge in [-0.1, -0.05) is 18.2 Å². The minimum absolute atomic E-state index is 0.105. The minimum Gasteiger partial charge on any atom is -0.350 e. The van der Waals surface area contributed by atoms with Crippen LogP contribution >= 0.6 is 0 Å². The molecule has 1 aromatic carbocycles. The molecule has 19 heavy (non-hydrogen) atoms. The molecule has 1 aliphatic carbocycles. The van der Waals surface area contributed by atoms with Gasteiger partial charge in [-0.25, -0.2) is 5.01 Å². The third-order valence-electron chi connectivity index (χ3n) is 3.92. The number of hydrogen-bond donors (Lipinski definition) is 1. The Morgan fingerprint density at radius 3 is 2.63 bits per heavy atom. The molecule has 1 N–H and O–H groups in total. The van der Waals surface area contributed by atoms with Crippen LogP contribution in [0.25, 0.3) is 10.9 Å². The lowest BCUT2D eigenvalue weighted by atomic mass is 9.95. The van der Waals surface area contributed by atoms with Crippen molar-refractivity contribution >= 4 is 16.8 Å². The molecular weight excluding hydrogens is 238 g/mol. The molecule has 0 spiro atoms. The Kier molecular flexibility index (Phi) is 2.64. The average molecular weight is 257 g/mol. The Morgan fingerprint density at radius 1 is 1.32 bits per heavy atom. The Hall–Kier alpha value is -1.81. The molecule has 0 unspecified atom stereocenters. The van der Waals surface area contributed by atoms with Gasteiger partial charge < -0.3 is 4.57 Å². The van der Waals surface area contributed by atoms with Gasteiger partial charge in [-0.15, -0.1) is 0 Å². The van der Waals surface area contributed by atoms with E-state index < -0.39 is 0 Å². The number of para-hydroxylation sites is 1. The molecule has 0 saturated heterocycles. The van der Waals surface area contributed by atoms with Gasteiger partial charge in [-0.3, -0.25) is 10.2 Å². The molecule has 3 rings (SSSR count). The zero-order chi connectivity index (χ0) is 13.6. The summed E-state index contributed by atoms with van der Waals surface area (Å²) in [5.74, 6) is 0.105. The van der Waals surface area contributed by atoms with Gasteiger partial charge >= 0.3 is 0 Å². The summed E-state index contributed by atoms with van der Waals surface area (Å²) >= 11 is 0. The van der Waals surface area contributed by atoms with Crippen LogP contribution in [0.4, 0.5) is 0 Å². The van der Waals surface area contributed by atoms with Crippen LogP contribution in [0.2, 0.25) is 0 Å². The van der Waals surface area contributed by atoms with E-state index in [1.165, 1.54) is 10.9 Å². The maximum atomic E-state index is 12.4. The minimum atomic E-state index is -0.328. The zero-order valence-corrected chi connectivity index (χ0v) is 11.6. The lowest BCUT2D eigenvalue weighted by Gasteiger charge is -2.18. The number of nitrogens with zero attached hydrogens (tertiary/aromatic N) is 2. The summed E-state index contributed by atoms with van der Waals surface area (Å²) in [5, 5.41) is 2.91. The number of fused-ring (bicyclic) bond motifs is 1. The smallest absolute Gasteiger partial charge is 0.244 e. The lowest BCUT2D eigenvalue weighted by Crippen LogP contribution is -2.42. The monoisotopic (exact) mass is 257 g/mol. The van der Waals surface area contributed by atoms with E-state index >= 15 is 0 Å². The number of hydrogen-bond acceptors (Lipinski definition) is 2. The second-order valence-electron chi connectivity index (χ2n) is 5.59.